The van der Waals surface area contributed by atoms with Gasteiger partial charge < -0.3 is 10.1 Å². The Kier molecular flexibility index (Phi) is 5.18. The maximum absolute atomic E-state index is 5.18. The molecule has 0 spiro atoms. The normalized spacial score (nSPS) is 12.3. The van der Waals surface area contributed by atoms with E-state index in [0.717, 1.165) is 25.1 Å². The quantitative estimate of drug-likeness (QED) is 0.843. The molecule has 1 unspecified atom stereocenters. The zero-order valence-corrected chi connectivity index (χ0v) is 12.5. The second-order valence-corrected chi connectivity index (χ2v) is 4.86. The minimum Gasteiger partial charge on any atom is -0.497 e. The predicted octanol–water partition coefficient (Wildman–Crippen LogP) is 2.80. The van der Waals surface area contributed by atoms with Crippen molar-refractivity contribution in [1.29, 1.82) is 0 Å². The number of benzene rings is 1. The number of aromatic nitrogens is 2. The van der Waals surface area contributed by atoms with Crippen LogP contribution in [0.2, 0.25) is 0 Å². The average Bonchev–Trinajstić information content (AvgIpc) is 2.97. The van der Waals surface area contributed by atoms with Crippen LogP contribution in [0.1, 0.15) is 30.5 Å². The molecule has 1 heterocycles. The summed E-state index contributed by atoms with van der Waals surface area (Å²) in [6, 6.07) is 8.62. The van der Waals surface area contributed by atoms with E-state index in [1.54, 1.807) is 7.11 Å². The third-order valence-corrected chi connectivity index (χ3v) is 3.61. The van der Waals surface area contributed by atoms with Crippen LogP contribution in [0.25, 0.3) is 0 Å². The number of ether oxygens (including phenoxy) is 1. The number of methoxy groups -OCH3 is 1. The van der Waals surface area contributed by atoms with Crippen molar-refractivity contribution in [3.8, 4) is 5.75 Å². The van der Waals surface area contributed by atoms with Crippen molar-refractivity contribution < 1.29 is 4.74 Å². The Labute approximate surface area is 120 Å². The van der Waals surface area contributed by atoms with E-state index < -0.39 is 0 Å². The summed E-state index contributed by atoms with van der Waals surface area (Å²) in [6.45, 7) is 3.01. The first-order chi connectivity index (χ1) is 9.76. The summed E-state index contributed by atoms with van der Waals surface area (Å²) in [6.07, 6.45) is 6.17. The highest BCUT2D eigenvalue weighted by Gasteiger charge is 2.11. The lowest BCUT2D eigenvalue weighted by Crippen LogP contribution is -2.16. The van der Waals surface area contributed by atoms with Gasteiger partial charge in [0.05, 0.1) is 13.3 Å². The second kappa shape index (κ2) is 7.10. The molecule has 0 saturated carbocycles. The van der Waals surface area contributed by atoms with E-state index in [0.29, 0.717) is 6.04 Å². The lowest BCUT2D eigenvalue weighted by molar-refractivity contribution is 0.414. The van der Waals surface area contributed by atoms with Crippen molar-refractivity contribution in [2.24, 2.45) is 0 Å². The number of nitrogens with zero attached hydrogens (tertiary/aromatic N) is 2. The van der Waals surface area contributed by atoms with Gasteiger partial charge in [-0.15, -0.1) is 0 Å². The van der Waals surface area contributed by atoms with Crippen LogP contribution in [-0.4, -0.2) is 23.9 Å². The van der Waals surface area contributed by atoms with Crippen LogP contribution in [0.4, 0.5) is 0 Å². The zero-order valence-electron chi connectivity index (χ0n) is 12.5. The van der Waals surface area contributed by atoms with Crippen LogP contribution in [0.5, 0.6) is 5.75 Å². The van der Waals surface area contributed by atoms with E-state index in [1.807, 2.05) is 30.1 Å². The molecule has 0 aliphatic carbocycles. The summed E-state index contributed by atoms with van der Waals surface area (Å²) in [5.74, 6) is 0.906. The molecule has 1 atom stereocenters. The molecule has 1 aromatic heterocycles. The maximum atomic E-state index is 5.18. The van der Waals surface area contributed by atoms with Crippen LogP contribution in [0.3, 0.4) is 0 Å². The molecule has 0 fully saturated rings. The zero-order chi connectivity index (χ0) is 14.4. The summed E-state index contributed by atoms with van der Waals surface area (Å²) >= 11 is 0. The number of hydrogen-bond acceptors (Lipinski definition) is 3. The minimum atomic E-state index is 0.345. The number of nitrogens with one attached hydrogen (secondary N) is 1. The maximum Gasteiger partial charge on any atom is 0.118 e. The molecule has 1 N–H and O–H groups in total. The van der Waals surface area contributed by atoms with Crippen LogP contribution in [-0.2, 0) is 13.0 Å². The van der Waals surface area contributed by atoms with E-state index in [4.69, 9.17) is 4.74 Å². The Morgan fingerprint density at radius 2 is 2.05 bits per heavy atom. The van der Waals surface area contributed by atoms with Gasteiger partial charge in [-0.1, -0.05) is 12.1 Å². The molecular formula is C16H23N3O. The molecule has 1 aromatic carbocycles. The molecule has 0 aliphatic heterocycles. The Morgan fingerprint density at radius 1 is 1.30 bits per heavy atom. The van der Waals surface area contributed by atoms with Gasteiger partial charge in [-0.3, -0.25) is 4.68 Å². The molecule has 0 radical (unpaired) electrons. The highest BCUT2D eigenvalue weighted by atomic mass is 16.5. The Bertz CT molecular complexity index is 519. The number of hydrogen-bond donors (Lipinski definition) is 1. The molecule has 2 rings (SSSR count). The molecular weight excluding hydrogens is 250 g/mol. The van der Waals surface area contributed by atoms with E-state index in [-0.39, 0.29) is 0 Å². The monoisotopic (exact) mass is 273 g/mol. The van der Waals surface area contributed by atoms with Crippen molar-refractivity contribution in [3.05, 3.63) is 47.8 Å². The molecule has 0 aliphatic rings. The largest absolute Gasteiger partial charge is 0.497 e. The minimum absolute atomic E-state index is 0.345. The van der Waals surface area contributed by atoms with E-state index in [1.165, 1.54) is 11.1 Å². The smallest absolute Gasteiger partial charge is 0.118 e. The third-order valence-electron chi connectivity index (χ3n) is 3.61. The van der Waals surface area contributed by atoms with E-state index in [2.05, 4.69) is 35.7 Å². The van der Waals surface area contributed by atoms with Crippen molar-refractivity contribution in [3.63, 3.8) is 0 Å². The van der Waals surface area contributed by atoms with Crippen LogP contribution in [0, 0.1) is 0 Å². The summed E-state index contributed by atoms with van der Waals surface area (Å²) in [7, 11) is 3.69. The lowest BCUT2D eigenvalue weighted by Gasteiger charge is -2.14. The summed E-state index contributed by atoms with van der Waals surface area (Å²) < 4.78 is 7.14. The fraction of sp³-hybridized carbons (Fsp3) is 0.438. The SMILES string of the molecule is CCn1cc(C(CCc2ccc(OC)cc2)NC)cn1. The topological polar surface area (TPSA) is 39.1 Å². The van der Waals surface area contributed by atoms with Gasteiger partial charge in [0.15, 0.2) is 0 Å². The first kappa shape index (κ1) is 14.6. The van der Waals surface area contributed by atoms with Gasteiger partial charge in [-0.05, 0) is 44.5 Å². The molecule has 0 saturated heterocycles. The van der Waals surface area contributed by atoms with Gasteiger partial charge in [0, 0.05) is 24.3 Å². The van der Waals surface area contributed by atoms with Gasteiger partial charge in [0.25, 0.3) is 0 Å². The highest BCUT2D eigenvalue weighted by molar-refractivity contribution is 5.27. The van der Waals surface area contributed by atoms with Crippen LogP contribution < -0.4 is 10.1 Å². The predicted molar refractivity (Wildman–Crippen MR) is 81.0 cm³/mol. The van der Waals surface area contributed by atoms with Crippen molar-refractivity contribution >= 4 is 0 Å². The van der Waals surface area contributed by atoms with E-state index >= 15 is 0 Å². The Morgan fingerprint density at radius 3 is 2.60 bits per heavy atom. The molecule has 0 bridgehead atoms. The standard InChI is InChI=1S/C16H23N3O/c1-4-19-12-14(11-18-19)16(17-2)10-7-13-5-8-15(20-3)9-6-13/h5-6,8-9,11-12,16-17H,4,7,10H2,1-3H3. The van der Waals surface area contributed by atoms with Gasteiger partial charge in [0.2, 0.25) is 0 Å². The van der Waals surface area contributed by atoms with Crippen molar-refractivity contribution in [1.82, 2.24) is 15.1 Å². The first-order valence-electron chi connectivity index (χ1n) is 7.09. The third kappa shape index (κ3) is 3.61. The molecule has 108 valence electrons. The molecule has 2 aromatic rings. The Hall–Kier alpha value is -1.81. The lowest BCUT2D eigenvalue weighted by atomic mass is 10.0. The van der Waals surface area contributed by atoms with Gasteiger partial charge in [-0.25, -0.2) is 0 Å². The van der Waals surface area contributed by atoms with Gasteiger partial charge in [0.1, 0.15) is 5.75 Å². The average molecular weight is 273 g/mol. The number of rotatable bonds is 7. The van der Waals surface area contributed by atoms with Crippen molar-refractivity contribution in [2.45, 2.75) is 32.4 Å². The molecule has 4 nitrogen and oxygen atoms in total. The fourth-order valence-corrected chi connectivity index (χ4v) is 2.31. The van der Waals surface area contributed by atoms with Crippen molar-refractivity contribution in [2.75, 3.05) is 14.2 Å². The van der Waals surface area contributed by atoms with Gasteiger partial charge >= 0.3 is 0 Å². The highest BCUT2D eigenvalue weighted by Crippen LogP contribution is 2.19. The summed E-state index contributed by atoms with van der Waals surface area (Å²) in [5, 5.41) is 7.71. The summed E-state index contributed by atoms with van der Waals surface area (Å²) in [5.41, 5.74) is 2.58. The Balaban J connectivity index is 1.95. The first-order valence-corrected chi connectivity index (χ1v) is 7.09. The molecule has 0 amide bonds. The molecule has 20 heavy (non-hydrogen) atoms. The fourth-order valence-electron chi connectivity index (χ4n) is 2.31. The number of aryl methyl sites for hydroxylation is 2. The van der Waals surface area contributed by atoms with Gasteiger partial charge in [-0.2, -0.15) is 5.10 Å². The molecule has 4 heteroatoms. The summed E-state index contributed by atoms with van der Waals surface area (Å²) in [4.78, 5) is 0. The van der Waals surface area contributed by atoms with Crippen LogP contribution >= 0.6 is 0 Å². The van der Waals surface area contributed by atoms with E-state index in [9.17, 15) is 0 Å². The van der Waals surface area contributed by atoms with Crippen LogP contribution in [0.15, 0.2) is 36.7 Å². The second-order valence-electron chi connectivity index (χ2n) is 4.86.